The molecule has 0 atom stereocenters. The molecule has 0 heterocycles. The molecular formula is C14H18BrF3O4. The first kappa shape index (κ1) is 22.7. The topological polar surface area (TPSA) is 52.6 Å². The average molecular weight is 387 g/mol. The van der Waals surface area contributed by atoms with Crippen molar-refractivity contribution in [1.29, 1.82) is 0 Å². The van der Waals surface area contributed by atoms with Crippen molar-refractivity contribution >= 4 is 27.9 Å². The van der Waals surface area contributed by atoms with Crippen molar-refractivity contribution in [2.75, 3.05) is 14.2 Å². The summed E-state index contributed by atoms with van der Waals surface area (Å²) in [7, 11) is 2.70. The number of esters is 2. The molecular weight excluding hydrogens is 369 g/mol. The number of alkyl halides is 3. The highest BCUT2D eigenvalue weighted by Gasteiger charge is 2.30. The molecule has 1 aromatic carbocycles. The molecule has 0 bridgehead atoms. The SMILES string of the molecule is COC(C)=O.COC(C)=O.Cc1cc(Br)cc(C(F)(F)F)c1. The molecule has 0 aliphatic heterocycles. The lowest BCUT2D eigenvalue weighted by molar-refractivity contribution is -0.138. The maximum absolute atomic E-state index is 12.1. The van der Waals surface area contributed by atoms with Gasteiger partial charge in [-0.1, -0.05) is 15.9 Å². The molecule has 0 fully saturated rings. The Labute approximate surface area is 135 Å². The van der Waals surface area contributed by atoms with Gasteiger partial charge < -0.3 is 9.47 Å². The maximum atomic E-state index is 12.1. The Balaban J connectivity index is 0. The van der Waals surface area contributed by atoms with Crippen LogP contribution in [0, 0.1) is 6.92 Å². The number of ether oxygens (including phenoxy) is 2. The fraction of sp³-hybridized carbons (Fsp3) is 0.429. The molecule has 126 valence electrons. The number of aryl methyl sites for hydroxylation is 1. The van der Waals surface area contributed by atoms with E-state index in [2.05, 4.69) is 25.4 Å². The third-order valence-corrected chi connectivity index (χ3v) is 2.40. The molecule has 0 N–H and O–H groups in total. The van der Waals surface area contributed by atoms with Crippen LogP contribution in [0.3, 0.4) is 0 Å². The van der Waals surface area contributed by atoms with Gasteiger partial charge in [0.25, 0.3) is 0 Å². The molecule has 4 nitrogen and oxygen atoms in total. The second-order valence-corrected chi connectivity index (χ2v) is 4.82. The van der Waals surface area contributed by atoms with Crippen molar-refractivity contribution in [3.05, 3.63) is 33.8 Å². The highest BCUT2D eigenvalue weighted by atomic mass is 79.9. The van der Waals surface area contributed by atoms with Crippen LogP contribution in [-0.4, -0.2) is 26.2 Å². The molecule has 8 heteroatoms. The van der Waals surface area contributed by atoms with Gasteiger partial charge in [-0.15, -0.1) is 0 Å². The summed E-state index contributed by atoms with van der Waals surface area (Å²) in [4.78, 5) is 19.2. The summed E-state index contributed by atoms with van der Waals surface area (Å²) < 4.78 is 45.1. The largest absolute Gasteiger partial charge is 0.469 e. The molecule has 0 amide bonds. The average Bonchev–Trinajstić information content (AvgIpc) is 2.38. The van der Waals surface area contributed by atoms with E-state index in [4.69, 9.17) is 0 Å². The Morgan fingerprint density at radius 2 is 1.36 bits per heavy atom. The standard InChI is InChI=1S/C8H6BrF3.2C3H6O2/c1-5-2-6(8(10,11)12)4-7(9)3-5;2*1-3(4)5-2/h2-4H,1H3;2*1-2H3. The van der Waals surface area contributed by atoms with Gasteiger partial charge in [0, 0.05) is 18.3 Å². The van der Waals surface area contributed by atoms with E-state index in [-0.39, 0.29) is 11.9 Å². The summed E-state index contributed by atoms with van der Waals surface area (Å²) in [5.41, 5.74) is -0.0222. The van der Waals surface area contributed by atoms with Crippen molar-refractivity contribution in [3.63, 3.8) is 0 Å². The number of hydrogen-bond donors (Lipinski definition) is 0. The van der Waals surface area contributed by atoms with Crippen LogP contribution in [0.4, 0.5) is 13.2 Å². The first-order chi connectivity index (χ1) is 9.93. The third-order valence-electron chi connectivity index (χ3n) is 1.94. The number of hydrogen-bond acceptors (Lipinski definition) is 4. The quantitative estimate of drug-likeness (QED) is 0.628. The summed E-state index contributed by atoms with van der Waals surface area (Å²) in [6, 6.07) is 3.81. The van der Waals surface area contributed by atoms with Crippen molar-refractivity contribution in [1.82, 2.24) is 0 Å². The molecule has 0 saturated carbocycles. The van der Waals surface area contributed by atoms with E-state index in [1.807, 2.05) is 0 Å². The maximum Gasteiger partial charge on any atom is 0.416 e. The van der Waals surface area contributed by atoms with Crippen LogP contribution in [-0.2, 0) is 25.2 Å². The first-order valence-corrected chi connectivity index (χ1v) is 6.66. The Kier molecular flexibility index (Phi) is 11.4. The number of halogens is 4. The summed E-state index contributed by atoms with van der Waals surface area (Å²) in [5.74, 6) is -0.491. The lowest BCUT2D eigenvalue weighted by Gasteiger charge is -2.07. The van der Waals surface area contributed by atoms with E-state index >= 15 is 0 Å². The van der Waals surface area contributed by atoms with Gasteiger partial charge in [0.15, 0.2) is 0 Å². The van der Waals surface area contributed by atoms with E-state index in [0.29, 0.717) is 10.0 Å². The minimum atomic E-state index is -4.26. The van der Waals surface area contributed by atoms with Crippen LogP contribution in [0.25, 0.3) is 0 Å². The minimum absolute atomic E-state index is 0.245. The molecule has 0 unspecified atom stereocenters. The Morgan fingerprint density at radius 3 is 1.59 bits per heavy atom. The van der Waals surface area contributed by atoms with Crippen molar-refractivity contribution in [2.45, 2.75) is 26.9 Å². The Morgan fingerprint density at radius 1 is 1.00 bits per heavy atom. The van der Waals surface area contributed by atoms with Crippen LogP contribution >= 0.6 is 15.9 Å². The number of rotatable bonds is 0. The predicted octanol–water partition coefficient (Wildman–Crippen LogP) is 4.13. The highest BCUT2D eigenvalue weighted by molar-refractivity contribution is 9.10. The van der Waals surface area contributed by atoms with E-state index in [9.17, 15) is 22.8 Å². The minimum Gasteiger partial charge on any atom is -0.469 e. The van der Waals surface area contributed by atoms with E-state index in [1.54, 1.807) is 13.0 Å². The zero-order valence-electron chi connectivity index (χ0n) is 12.9. The van der Waals surface area contributed by atoms with Crippen molar-refractivity contribution < 1.29 is 32.2 Å². The molecule has 1 rings (SSSR count). The van der Waals surface area contributed by atoms with Gasteiger partial charge in [-0.25, -0.2) is 0 Å². The van der Waals surface area contributed by atoms with Crippen molar-refractivity contribution in [3.8, 4) is 0 Å². The number of methoxy groups -OCH3 is 2. The highest BCUT2D eigenvalue weighted by Crippen LogP contribution is 2.31. The van der Waals surface area contributed by atoms with Crippen LogP contribution in [0.1, 0.15) is 25.0 Å². The zero-order valence-corrected chi connectivity index (χ0v) is 14.5. The lowest BCUT2D eigenvalue weighted by Crippen LogP contribution is -2.04. The zero-order chi connectivity index (χ0) is 17.9. The summed E-state index contributed by atoms with van der Waals surface area (Å²) in [5, 5.41) is 0. The number of benzene rings is 1. The predicted molar refractivity (Wildman–Crippen MR) is 79.3 cm³/mol. The van der Waals surface area contributed by atoms with Gasteiger partial charge in [-0.05, 0) is 30.7 Å². The van der Waals surface area contributed by atoms with Crippen LogP contribution < -0.4 is 0 Å². The molecule has 0 aliphatic rings. The van der Waals surface area contributed by atoms with Gasteiger partial charge in [0.1, 0.15) is 0 Å². The first-order valence-electron chi connectivity index (χ1n) is 5.87. The Bertz CT molecular complexity index is 453. The van der Waals surface area contributed by atoms with Gasteiger partial charge in [-0.3, -0.25) is 9.59 Å². The molecule has 22 heavy (non-hydrogen) atoms. The fourth-order valence-electron chi connectivity index (χ4n) is 0.900. The van der Waals surface area contributed by atoms with Crippen LogP contribution in [0.2, 0.25) is 0 Å². The molecule has 0 radical (unpaired) electrons. The van der Waals surface area contributed by atoms with E-state index < -0.39 is 11.7 Å². The summed E-state index contributed by atoms with van der Waals surface area (Å²) in [6.45, 7) is 4.35. The third kappa shape index (κ3) is 13.4. The van der Waals surface area contributed by atoms with Gasteiger partial charge >= 0.3 is 18.1 Å². The van der Waals surface area contributed by atoms with Crippen LogP contribution in [0.15, 0.2) is 22.7 Å². The molecule has 0 spiro atoms. The molecule has 0 aromatic heterocycles. The van der Waals surface area contributed by atoms with Gasteiger partial charge in [-0.2, -0.15) is 13.2 Å². The van der Waals surface area contributed by atoms with E-state index in [0.717, 1.165) is 12.1 Å². The van der Waals surface area contributed by atoms with Crippen molar-refractivity contribution in [2.24, 2.45) is 0 Å². The van der Waals surface area contributed by atoms with Gasteiger partial charge in [0.05, 0.1) is 19.8 Å². The second kappa shape index (κ2) is 11.1. The molecule has 1 aromatic rings. The monoisotopic (exact) mass is 386 g/mol. The second-order valence-electron chi connectivity index (χ2n) is 3.91. The molecule has 0 saturated heterocycles. The number of carbonyl (C=O) groups is 2. The molecule has 0 aliphatic carbocycles. The summed E-state index contributed by atoms with van der Waals surface area (Å²) in [6.07, 6.45) is -4.26. The number of carbonyl (C=O) groups excluding carboxylic acids is 2. The normalized spacial score (nSPS) is 9.50. The fourth-order valence-corrected chi connectivity index (χ4v) is 1.51. The smallest absolute Gasteiger partial charge is 0.416 e. The lowest BCUT2D eigenvalue weighted by atomic mass is 10.1. The van der Waals surface area contributed by atoms with E-state index in [1.165, 1.54) is 28.1 Å². The summed E-state index contributed by atoms with van der Waals surface area (Å²) >= 11 is 3.01. The van der Waals surface area contributed by atoms with Crippen LogP contribution in [0.5, 0.6) is 0 Å². The Hall–Kier alpha value is -1.57. The van der Waals surface area contributed by atoms with Gasteiger partial charge in [0.2, 0.25) is 0 Å².